The van der Waals surface area contributed by atoms with Crippen molar-refractivity contribution in [2.45, 2.75) is 33.2 Å². The first-order valence-corrected chi connectivity index (χ1v) is 5.84. The molecule has 0 aliphatic carbocycles. The van der Waals surface area contributed by atoms with Gasteiger partial charge in [-0.25, -0.2) is 0 Å². The number of anilines is 2. The van der Waals surface area contributed by atoms with Gasteiger partial charge < -0.3 is 9.80 Å². The van der Waals surface area contributed by atoms with Crippen LogP contribution in [0.15, 0.2) is 24.3 Å². The first-order valence-electron chi connectivity index (χ1n) is 5.84. The van der Waals surface area contributed by atoms with Gasteiger partial charge in [0.2, 0.25) is 0 Å². The van der Waals surface area contributed by atoms with Crippen LogP contribution in [0, 0.1) is 0 Å². The molecule has 2 rings (SSSR count). The van der Waals surface area contributed by atoms with Gasteiger partial charge in [0.15, 0.2) is 0 Å². The first-order chi connectivity index (χ1) is 7.24. The van der Waals surface area contributed by atoms with Crippen molar-refractivity contribution < 1.29 is 0 Å². The van der Waals surface area contributed by atoms with E-state index in [9.17, 15) is 0 Å². The minimum absolute atomic E-state index is 0.577. The van der Waals surface area contributed by atoms with Crippen molar-refractivity contribution >= 4 is 11.4 Å². The molecule has 0 saturated carbocycles. The molecule has 0 radical (unpaired) electrons. The van der Waals surface area contributed by atoms with Gasteiger partial charge in [-0.1, -0.05) is 19.1 Å². The molecule has 1 aliphatic rings. The van der Waals surface area contributed by atoms with Crippen LogP contribution in [-0.4, -0.2) is 19.3 Å². The highest BCUT2D eigenvalue weighted by Crippen LogP contribution is 2.36. The zero-order valence-electron chi connectivity index (χ0n) is 9.90. The Morgan fingerprint density at radius 3 is 2.47 bits per heavy atom. The fourth-order valence-electron chi connectivity index (χ4n) is 2.21. The van der Waals surface area contributed by atoms with E-state index in [1.807, 2.05) is 0 Å². The number of rotatable bonds is 3. The second kappa shape index (κ2) is 4.13. The number of benzene rings is 1. The molecule has 15 heavy (non-hydrogen) atoms. The van der Waals surface area contributed by atoms with Crippen LogP contribution in [0.5, 0.6) is 0 Å². The average molecular weight is 204 g/mol. The standard InChI is InChI=1S/C13H20N2/c1-4-9-14-10-15(11(2)3)13-8-6-5-7-12(13)14/h5-8,11H,4,9-10H2,1-3H3. The smallest absolute Gasteiger partial charge is 0.0906 e. The molecular weight excluding hydrogens is 184 g/mol. The topological polar surface area (TPSA) is 6.48 Å². The van der Waals surface area contributed by atoms with Crippen LogP contribution in [0.1, 0.15) is 27.2 Å². The molecule has 0 atom stereocenters. The second-order valence-electron chi connectivity index (χ2n) is 4.46. The quantitative estimate of drug-likeness (QED) is 0.746. The van der Waals surface area contributed by atoms with E-state index >= 15 is 0 Å². The molecule has 2 heteroatoms. The molecule has 0 spiro atoms. The molecule has 0 N–H and O–H groups in total. The Hall–Kier alpha value is -1.18. The van der Waals surface area contributed by atoms with Crippen LogP contribution in [-0.2, 0) is 0 Å². The van der Waals surface area contributed by atoms with Gasteiger partial charge in [0.25, 0.3) is 0 Å². The van der Waals surface area contributed by atoms with E-state index in [-0.39, 0.29) is 0 Å². The summed E-state index contributed by atoms with van der Waals surface area (Å²) in [6.45, 7) is 8.95. The average Bonchev–Trinajstić information content (AvgIpc) is 2.59. The summed E-state index contributed by atoms with van der Waals surface area (Å²) in [7, 11) is 0. The predicted octanol–water partition coefficient (Wildman–Crippen LogP) is 3.09. The Morgan fingerprint density at radius 2 is 1.87 bits per heavy atom. The van der Waals surface area contributed by atoms with E-state index in [4.69, 9.17) is 0 Å². The van der Waals surface area contributed by atoms with Gasteiger partial charge in [0, 0.05) is 12.6 Å². The van der Waals surface area contributed by atoms with Crippen LogP contribution < -0.4 is 9.80 Å². The molecule has 0 unspecified atom stereocenters. The zero-order valence-corrected chi connectivity index (χ0v) is 9.90. The highest BCUT2D eigenvalue weighted by molar-refractivity contribution is 5.76. The molecule has 1 aliphatic heterocycles. The lowest BCUT2D eigenvalue weighted by atomic mass is 10.2. The van der Waals surface area contributed by atoms with Crippen molar-refractivity contribution in [3.8, 4) is 0 Å². The van der Waals surface area contributed by atoms with E-state index in [1.54, 1.807) is 0 Å². The van der Waals surface area contributed by atoms with Crippen LogP contribution in [0.2, 0.25) is 0 Å². The molecule has 0 aromatic heterocycles. The van der Waals surface area contributed by atoms with Gasteiger partial charge in [-0.3, -0.25) is 0 Å². The normalized spacial score (nSPS) is 14.9. The molecule has 0 amide bonds. The maximum Gasteiger partial charge on any atom is 0.0906 e. The summed E-state index contributed by atoms with van der Waals surface area (Å²) < 4.78 is 0. The summed E-state index contributed by atoms with van der Waals surface area (Å²) in [5.74, 6) is 0. The van der Waals surface area contributed by atoms with Crippen LogP contribution in [0.3, 0.4) is 0 Å². The summed E-state index contributed by atoms with van der Waals surface area (Å²) in [6.07, 6.45) is 1.21. The number of hydrogen-bond donors (Lipinski definition) is 0. The molecule has 1 aromatic rings. The largest absolute Gasteiger partial charge is 0.352 e. The number of hydrogen-bond acceptors (Lipinski definition) is 2. The Labute approximate surface area is 92.5 Å². The summed E-state index contributed by atoms with van der Waals surface area (Å²) in [6, 6.07) is 9.29. The molecule has 0 fully saturated rings. The van der Waals surface area contributed by atoms with Gasteiger partial charge in [-0.05, 0) is 32.4 Å². The van der Waals surface area contributed by atoms with Gasteiger partial charge >= 0.3 is 0 Å². The van der Waals surface area contributed by atoms with Gasteiger partial charge in [-0.15, -0.1) is 0 Å². The predicted molar refractivity (Wildman–Crippen MR) is 66.6 cm³/mol. The van der Waals surface area contributed by atoms with E-state index in [2.05, 4.69) is 54.8 Å². The molecule has 2 nitrogen and oxygen atoms in total. The molecule has 82 valence electrons. The third-order valence-electron chi connectivity index (χ3n) is 2.97. The highest BCUT2D eigenvalue weighted by atomic mass is 15.4. The summed E-state index contributed by atoms with van der Waals surface area (Å²) >= 11 is 0. The van der Waals surface area contributed by atoms with Gasteiger partial charge in [0.1, 0.15) is 0 Å². The maximum absolute atomic E-state index is 2.47. The maximum atomic E-state index is 2.47. The van der Waals surface area contributed by atoms with Crippen LogP contribution >= 0.6 is 0 Å². The molecule has 0 saturated heterocycles. The van der Waals surface area contributed by atoms with Crippen molar-refractivity contribution in [1.82, 2.24) is 0 Å². The van der Waals surface area contributed by atoms with E-state index < -0.39 is 0 Å². The lowest BCUT2D eigenvalue weighted by Crippen LogP contribution is -2.35. The Kier molecular flexibility index (Phi) is 2.85. The van der Waals surface area contributed by atoms with Crippen LogP contribution in [0.4, 0.5) is 11.4 Å². The first kappa shape index (κ1) is 10.3. The molecule has 1 heterocycles. The minimum atomic E-state index is 0.577. The van der Waals surface area contributed by atoms with Gasteiger partial charge in [-0.2, -0.15) is 0 Å². The lowest BCUT2D eigenvalue weighted by molar-refractivity contribution is 0.676. The Balaban J connectivity index is 2.31. The third kappa shape index (κ3) is 1.81. The minimum Gasteiger partial charge on any atom is -0.352 e. The third-order valence-corrected chi connectivity index (χ3v) is 2.97. The van der Waals surface area contributed by atoms with E-state index in [0.717, 1.165) is 13.2 Å². The van der Waals surface area contributed by atoms with Crippen molar-refractivity contribution in [3.63, 3.8) is 0 Å². The summed E-state index contributed by atoms with van der Waals surface area (Å²) in [4.78, 5) is 4.93. The van der Waals surface area contributed by atoms with E-state index in [0.29, 0.717) is 6.04 Å². The zero-order chi connectivity index (χ0) is 10.8. The lowest BCUT2D eigenvalue weighted by Gasteiger charge is -2.24. The highest BCUT2D eigenvalue weighted by Gasteiger charge is 2.25. The van der Waals surface area contributed by atoms with E-state index in [1.165, 1.54) is 17.8 Å². The van der Waals surface area contributed by atoms with Crippen LogP contribution in [0.25, 0.3) is 0 Å². The summed E-state index contributed by atoms with van der Waals surface area (Å²) in [5.41, 5.74) is 2.79. The van der Waals surface area contributed by atoms with Crippen molar-refractivity contribution in [2.75, 3.05) is 23.0 Å². The second-order valence-corrected chi connectivity index (χ2v) is 4.46. The van der Waals surface area contributed by atoms with Gasteiger partial charge in [0.05, 0.1) is 18.0 Å². The molecule has 0 bridgehead atoms. The SMILES string of the molecule is CCCN1CN(C(C)C)c2ccccc21. The fraction of sp³-hybridized carbons (Fsp3) is 0.538. The Bertz CT molecular complexity index is 333. The number of nitrogens with zero attached hydrogens (tertiary/aromatic N) is 2. The molecular formula is C13H20N2. The Morgan fingerprint density at radius 1 is 1.20 bits per heavy atom. The fourth-order valence-corrected chi connectivity index (χ4v) is 2.21. The van der Waals surface area contributed by atoms with Crippen molar-refractivity contribution in [1.29, 1.82) is 0 Å². The van der Waals surface area contributed by atoms with Crippen molar-refractivity contribution in [3.05, 3.63) is 24.3 Å². The number of para-hydroxylation sites is 2. The number of fused-ring (bicyclic) bond motifs is 1. The monoisotopic (exact) mass is 204 g/mol. The molecule has 1 aromatic carbocycles. The van der Waals surface area contributed by atoms with Crippen molar-refractivity contribution in [2.24, 2.45) is 0 Å². The summed E-state index contributed by atoms with van der Waals surface area (Å²) in [5, 5.41) is 0.